The summed E-state index contributed by atoms with van der Waals surface area (Å²) in [5.74, 6) is -7.16. The SMILES string of the molecule is CCOC(=O)C(=O)c1cc(Cl)c(O)c(F)c1F. The Morgan fingerprint density at radius 2 is 2.00 bits per heavy atom. The van der Waals surface area contributed by atoms with E-state index in [2.05, 4.69) is 4.74 Å². The van der Waals surface area contributed by atoms with Crippen molar-refractivity contribution >= 4 is 23.4 Å². The lowest BCUT2D eigenvalue weighted by Crippen LogP contribution is -2.19. The van der Waals surface area contributed by atoms with Gasteiger partial charge in [-0.05, 0) is 13.0 Å². The second kappa shape index (κ2) is 5.09. The van der Waals surface area contributed by atoms with Gasteiger partial charge in [-0.3, -0.25) is 4.79 Å². The summed E-state index contributed by atoms with van der Waals surface area (Å²) in [7, 11) is 0. The lowest BCUT2D eigenvalue weighted by atomic mass is 10.1. The molecule has 0 saturated heterocycles. The molecule has 0 radical (unpaired) electrons. The Kier molecular flexibility index (Phi) is 4.01. The van der Waals surface area contributed by atoms with Crippen LogP contribution in [0.5, 0.6) is 5.75 Å². The summed E-state index contributed by atoms with van der Waals surface area (Å²) in [6.07, 6.45) is 0. The Labute approximate surface area is 99.8 Å². The Balaban J connectivity index is 3.24. The van der Waals surface area contributed by atoms with Crippen molar-refractivity contribution in [1.82, 2.24) is 0 Å². The van der Waals surface area contributed by atoms with Crippen LogP contribution in [0.15, 0.2) is 6.07 Å². The first-order chi connectivity index (χ1) is 7.90. The number of phenols is 1. The van der Waals surface area contributed by atoms with Gasteiger partial charge in [0.25, 0.3) is 5.78 Å². The molecule has 0 aliphatic rings. The molecule has 0 unspecified atom stereocenters. The smallest absolute Gasteiger partial charge is 0.379 e. The molecule has 0 spiro atoms. The molecule has 1 rings (SSSR count). The highest BCUT2D eigenvalue weighted by atomic mass is 35.5. The van der Waals surface area contributed by atoms with Crippen molar-refractivity contribution in [3.05, 3.63) is 28.3 Å². The maximum atomic E-state index is 13.3. The molecule has 1 N–H and O–H groups in total. The number of carbonyl (C=O) groups is 2. The van der Waals surface area contributed by atoms with E-state index in [9.17, 15) is 18.4 Å². The summed E-state index contributed by atoms with van der Waals surface area (Å²) in [6, 6.07) is 0.661. The van der Waals surface area contributed by atoms with Crippen molar-refractivity contribution in [3.8, 4) is 5.75 Å². The van der Waals surface area contributed by atoms with E-state index in [1.54, 1.807) is 0 Å². The number of rotatable bonds is 3. The third-order valence-corrected chi connectivity index (χ3v) is 2.13. The van der Waals surface area contributed by atoms with Gasteiger partial charge in [-0.2, -0.15) is 4.39 Å². The topological polar surface area (TPSA) is 63.6 Å². The Morgan fingerprint density at radius 3 is 2.53 bits per heavy atom. The van der Waals surface area contributed by atoms with Gasteiger partial charge in [-0.25, -0.2) is 9.18 Å². The molecule has 92 valence electrons. The predicted octanol–water partition coefficient (Wildman–Crippen LogP) is 2.07. The molecule has 0 saturated carbocycles. The summed E-state index contributed by atoms with van der Waals surface area (Å²) < 4.78 is 30.7. The van der Waals surface area contributed by atoms with Crippen molar-refractivity contribution in [1.29, 1.82) is 0 Å². The monoisotopic (exact) mass is 264 g/mol. The Bertz CT molecular complexity index is 488. The number of benzene rings is 1. The Morgan fingerprint density at radius 1 is 1.41 bits per heavy atom. The predicted molar refractivity (Wildman–Crippen MR) is 54.0 cm³/mol. The van der Waals surface area contributed by atoms with Crippen LogP contribution < -0.4 is 0 Å². The Hall–Kier alpha value is -1.69. The first-order valence-electron chi connectivity index (χ1n) is 4.48. The summed E-state index contributed by atoms with van der Waals surface area (Å²) in [6.45, 7) is 1.37. The number of hydrogen-bond acceptors (Lipinski definition) is 4. The van der Waals surface area contributed by atoms with Crippen LogP contribution in [0, 0.1) is 11.6 Å². The van der Waals surface area contributed by atoms with Crippen LogP contribution in [0.2, 0.25) is 5.02 Å². The van der Waals surface area contributed by atoms with Gasteiger partial charge in [0.05, 0.1) is 17.2 Å². The van der Waals surface area contributed by atoms with Crippen molar-refractivity contribution < 1.29 is 28.2 Å². The normalized spacial score (nSPS) is 10.1. The van der Waals surface area contributed by atoms with Crippen LogP contribution in [0.1, 0.15) is 17.3 Å². The number of ether oxygens (including phenoxy) is 1. The van der Waals surface area contributed by atoms with E-state index in [4.69, 9.17) is 16.7 Å². The van der Waals surface area contributed by atoms with Gasteiger partial charge in [0.15, 0.2) is 11.6 Å². The molecule has 0 aliphatic carbocycles. The van der Waals surface area contributed by atoms with E-state index in [0.717, 1.165) is 0 Å². The fraction of sp³-hybridized carbons (Fsp3) is 0.200. The average Bonchev–Trinajstić information content (AvgIpc) is 2.30. The standard InChI is InChI=1S/C10H7ClF2O4/c1-2-17-10(16)8(14)4-3-5(11)9(15)7(13)6(4)12/h3,15H,2H2,1H3. The van der Waals surface area contributed by atoms with E-state index in [-0.39, 0.29) is 6.61 Å². The van der Waals surface area contributed by atoms with Crippen LogP contribution in [0.25, 0.3) is 0 Å². The van der Waals surface area contributed by atoms with E-state index in [1.165, 1.54) is 6.92 Å². The molecule has 0 aliphatic heterocycles. The second-order valence-corrected chi connectivity index (χ2v) is 3.34. The molecule has 17 heavy (non-hydrogen) atoms. The summed E-state index contributed by atoms with van der Waals surface area (Å²) in [5.41, 5.74) is -0.885. The first-order valence-corrected chi connectivity index (χ1v) is 4.85. The molecular weight excluding hydrogens is 258 g/mol. The fourth-order valence-electron chi connectivity index (χ4n) is 1.06. The molecule has 0 amide bonds. The van der Waals surface area contributed by atoms with Crippen molar-refractivity contribution in [2.45, 2.75) is 6.92 Å². The minimum absolute atomic E-state index is 0.0828. The number of phenolic OH excluding ortho intramolecular Hbond substituents is 1. The number of esters is 1. The summed E-state index contributed by atoms with van der Waals surface area (Å²) in [5, 5.41) is 8.39. The average molecular weight is 265 g/mol. The molecule has 0 aromatic heterocycles. The third-order valence-electron chi connectivity index (χ3n) is 1.84. The van der Waals surface area contributed by atoms with Crippen molar-refractivity contribution in [2.75, 3.05) is 6.61 Å². The highest BCUT2D eigenvalue weighted by molar-refractivity contribution is 6.41. The minimum atomic E-state index is -1.69. The van der Waals surface area contributed by atoms with Gasteiger partial charge in [0.1, 0.15) is 0 Å². The lowest BCUT2D eigenvalue weighted by Gasteiger charge is -2.05. The minimum Gasteiger partial charge on any atom is -0.504 e. The number of halogens is 3. The van der Waals surface area contributed by atoms with Gasteiger partial charge < -0.3 is 9.84 Å². The van der Waals surface area contributed by atoms with E-state index in [1.807, 2.05) is 0 Å². The molecule has 0 bridgehead atoms. The number of ketones is 1. The van der Waals surface area contributed by atoms with Crippen LogP contribution >= 0.6 is 11.6 Å². The molecule has 0 heterocycles. The maximum absolute atomic E-state index is 13.3. The molecule has 7 heteroatoms. The molecule has 1 aromatic rings. The molecule has 1 aromatic carbocycles. The van der Waals surface area contributed by atoms with Gasteiger partial charge in [-0.15, -0.1) is 0 Å². The van der Waals surface area contributed by atoms with E-state index >= 15 is 0 Å². The maximum Gasteiger partial charge on any atom is 0.379 e. The van der Waals surface area contributed by atoms with E-state index < -0.39 is 39.7 Å². The van der Waals surface area contributed by atoms with Crippen LogP contribution in [-0.4, -0.2) is 23.5 Å². The zero-order valence-corrected chi connectivity index (χ0v) is 9.35. The zero-order chi connectivity index (χ0) is 13.2. The van der Waals surface area contributed by atoms with Gasteiger partial charge in [0.2, 0.25) is 5.82 Å². The first kappa shape index (κ1) is 13.4. The fourth-order valence-corrected chi connectivity index (χ4v) is 1.25. The largest absolute Gasteiger partial charge is 0.504 e. The molecule has 4 nitrogen and oxygen atoms in total. The van der Waals surface area contributed by atoms with Crippen LogP contribution in [0.3, 0.4) is 0 Å². The van der Waals surface area contributed by atoms with Crippen LogP contribution in [0.4, 0.5) is 8.78 Å². The van der Waals surface area contributed by atoms with Crippen molar-refractivity contribution in [3.63, 3.8) is 0 Å². The third kappa shape index (κ3) is 2.52. The van der Waals surface area contributed by atoms with Crippen molar-refractivity contribution in [2.24, 2.45) is 0 Å². The lowest BCUT2D eigenvalue weighted by molar-refractivity contribution is -0.137. The number of aromatic hydroxyl groups is 1. The highest BCUT2D eigenvalue weighted by Crippen LogP contribution is 2.30. The molecule has 0 fully saturated rings. The van der Waals surface area contributed by atoms with Gasteiger partial charge >= 0.3 is 5.97 Å². The quantitative estimate of drug-likeness (QED) is 0.393. The van der Waals surface area contributed by atoms with E-state index in [0.29, 0.717) is 6.07 Å². The molecule has 0 atom stereocenters. The number of carbonyl (C=O) groups excluding carboxylic acids is 2. The second-order valence-electron chi connectivity index (χ2n) is 2.93. The molecular formula is C10H7ClF2O4. The zero-order valence-electron chi connectivity index (χ0n) is 8.59. The summed E-state index contributed by atoms with van der Waals surface area (Å²) in [4.78, 5) is 22.4. The summed E-state index contributed by atoms with van der Waals surface area (Å²) >= 11 is 5.36. The van der Waals surface area contributed by atoms with Gasteiger partial charge in [-0.1, -0.05) is 11.6 Å². The van der Waals surface area contributed by atoms with Gasteiger partial charge in [0, 0.05) is 0 Å². The highest BCUT2D eigenvalue weighted by Gasteiger charge is 2.26. The number of hydrogen-bond donors (Lipinski definition) is 1. The van der Waals surface area contributed by atoms with Crippen LogP contribution in [-0.2, 0) is 9.53 Å². The number of Topliss-reactive ketones (excluding diaryl/α,β-unsaturated/α-hetero) is 1.